The summed E-state index contributed by atoms with van der Waals surface area (Å²) in [5.41, 5.74) is 7.93. The number of hydrogen-bond acceptors (Lipinski definition) is 3. The summed E-state index contributed by atoms with van der Waals surface area (Å²) in [6, 6.07) is 5.43. The van der Waals surface area contributed by atoms with Gasteiger partial charge in [0.05, 0.1) is 4.92 Å². The van der Waals surface area contributed by atoms with E-state index in [4.69, 9.17) is 5.73 Å². The van der Waals surface area contributed by atoms with Crippen LogP contribution in [0.25, 0.3) is 0 Å². The zero-order chi connectivity index (χ0) is 11.8. The fourth-order valence-electron chi connectivity index (χ4n) is 1.81. The molecule has 0 atom stereocenters. The third-order valence-corrected chi connectivity index (χ3v) is 3.27. The Morgan fingerprint density at radius 2 is 2.19 bits per heavy atom. The Balaban J connectivity index is 2.09. The monoisotopic (exact) mass is 220 g/mol. The van der Waals surface area contributed by atoms with Gasteiger partial charge >= 0.3 is 0 Å². The number of nitro groups is 1. The van der Waals surface area contributed by atoms with Crippen LogP contribution < -0.4 is 5.73 Å². The van der Waals surface area contributed by atoms with E-state index in [2.05, 4.69) is 0 Å². The summed E-state index contributed by atoms with van der Waals surface area (Å²) in [5, 5.41) is 10.8. The zero-order valence-corrected chi connectivity index (χ0v) is 9.40. The van der Waals surface area contributed by atoms with Crippen molar-refractivity contribution >= 4 is 5.69 Å². The maximum Gasteiger partial charge on any atom is 0.272 e. The highest BCUT2D eigenvalue weighted by Gasteiger charge is 2.37. The molecule has 0 amide bonds. The molecule has 0 spiro atoms. The maximum atomic E-state index is 10.8. The minimum absolute atomic E-state index is 0.0136. The van der Waals surface area contributed by atoms with Gasteiger partial charge in [0.1, 0.15) is 0 Å². The molecule has 1 aliphatic carbocycles. The van der Waals surface area contributed by atoms with E-state index >= 15 is 0 Å². The molecule has 0 aromatic heterocycles. The molecule has 1 aliphatic rings. The van der Waals surface area contributed by atoms with Crippen molar-refractivity contribution in [2.45, 2.75) is 38.1 Å². The molecule has 86 valence electrons. The maximum absolute atomic E-state index is 10.8. The predicted molar refractivity (Wildman–Crippen MR) is 62.3 cm³/mol. The lowest BCUT2D eigenvalue weighted by Crippen LogP contribution is -2.22. The molecule has 0 radical (unpaired) electrons. The smallest absolute Gasteiger partial charge is 0.272 e. The first-order chi connectivity index (χ1) is 7.50. The van der Waals surface area contributed by atoms with Crippen LogP contribution in [0.4, 0.5) is 5.69 Å². The molecule has 4 nitrogen and oxygen atoms in total. The number of benzene rings is 1. The molecule has 2 N–H and O–H groups in total. The van der Waals surface area contributed by atoms with Crippen molar-refractivity contribution < 1.29 is 4.92 Å². The predicted octanol–water partition coefficient (Wildman–Crippen LogP) is 2.33. The van der Waals surface area contributed by atoms with Gasteiger partial charge in [-0.15, -0.1) is 0 Å². The van der Waals surface area contributed by atoms with Crippen LogP contribution in [-0.2, 0) is 6.42 Å². The average molecular weight is 220 g/mol. The fraction of sp³-hybridized carbons (Fsp3) is 0.500. The second-order valence-electron chi connectivity index (χ2n) is 4.74. The Bertz CT molecular complexity index is 425. The number of nitrogens with zero attached hydrogens (tertiary/aromatic N) is 1. The Hall–Kier alpha value is -1.42. The SMILES string of the molecule is Cc1ccc(CCC2(N)CC2)cc1[N+](=O)[O-]. The Kier molecular flexibility index (Phi) is 2.68. The highest BCUT2D eigenvalue weighted by molar-refractivity contribution is 5.42. The quantitative estimate of drug-likeness (QED) is 0.625. The number of hydrogen-bond donors (Lipinski definition) is 1. The molecule has 4 heteroatoms. The van der Waals surface area contributed by atoms with E-state index in [1.807, 2.05) is 12.1 Å². The van der Waals surface area contributed by atoms with Crippen LogP contribution >= 0.6 is 0 Å². The van der Waals surface area contributed by atoms with Gasteiger partial charge in [0.15, 0.2) is 0 Å². The van der Waals surface area contributed by atoms with E-state index < -0.39 is 0 Å². The van der Waals surface area contributed by atoms with Crippen molar-refractivity contribution in [3.8, 4) is 0 Å². The van der Waals surface area contributed by atoms with E-state index in [1.54, 1.807) is 13.0 Å². The second-order valence-corrected chi connectivity index (χ2v) is 4.74. The molecule has 16 heavy (non-hydrogen) atoms. The number of rotatable bonds is 4. The summed E-state index contributed by atoms with van der Waals surface area (Å²) in [7, 11) is 0. The van der Waals surface area contributed by atoms with Crippen LogP contribution in [0.5, 0.6) is 0 Å². The van der Waals surface area contributed by atoms with Gasteiger partial charge in [-0.25, -0.2) is 0 Å². The third-order valence-electron chi connectivity index (χ3n) is 3.27. The molecule has 0 unspecified atom stereocenters. The highest BCUT2D eigenvalue weighted by atomic mass is 16.6. The molecule has 2 rings (SSSR count). The first-order valence-electron chi connectivity index (χ1n) is 5.53. The van der Waals surface area contributed by atoms with Gasteiger partial charge in [0.25, 0.3) is 5.69 Å². The summed E-state index contributed by atoms with van der Waals surface area (Å²) in [4.78, 5) is 10.4. The molecule has 0 saturated heterocycles. The van der Waals surface area contributed by atoms with E-state index in [1.165, 1.54) is 0 Å². The van der Waals surface area contributed by atoms with Crippen LogP contribution in [-0.4, -0.2) is 10.5 Å². The normalized spacial score (nSPS) is 17.1. The number of aryl methyl sites for hydroxylation is 2. The van der Waals surface area contributed by atoms with Gasteiger partial charge in [-0.05, 0) is 38.2 Å². The molecule has 0 aliphatic heterocycles. The van der Waals surface area contributed by atoms with E-state index in [0.717, 1.165) is 31.2 Å². The summed E-state index contributed by atoms with van der Waals surface area (Å²) in [5.74, 6) is 0. The third kappa shape index (κ3) is 2.39. The van der Waals surface area contributed by atoms with Gasteiger partial charge in [0.2, 0.25) is 0 Å². The van der Waals surface area contributed by atoms with Gasteiger partial charge in [-0.3, -0.25) is 10.1 Å². The van der Waals surface area contributed by atoms with Crippen molar-refractivity contribution in [2.24, 2.45) is 5.73 Å². The van der Waals surface area contributed by atoms with Crippen molar-refractivity contribution in [3.05, 3.63) is 39.4 Å². The number of nitro benzene ring substituents is 1. The molecule has 1 aromatic rings. The second kappa shape index (κ2) is 3.87. The van der Waals surface area contributed by atoms with Crippen LogP contribution in [0.2, 0.25) is 0 Å². The fourth-order valence-corrected chi connectivity index (χ4v) is 1.81. The van der Waals surface area contributed by atoms with Crippen molar-refractivity contribution in [3.63, 3.8) is 0 Å². The molecular formula is C12H16N2O2. The minimum atomic E-state index is -0.325. The van der Waals surface area contributed by atoms with E-state index in [9.17, 15) is 10.1 Å². The van der Waals surface area contributed by atoms with Gasteiger partial charge in [-0.1, -0.05) is 12.1 Å². The van der Waals surface area contributed by atoms with Crippen LogP contribution in [0, 0.1) is 17.0 Å². The molecule has 0 bridgehead atoms. The van der Waals surface area contributed by atoms with Crippen molar-refractivity contribution in [1.29, 1.82) is 0 Å². The van der Waals surface area contributed by atoms with Gasteiger partial charge in [-0.2, -0.15) is 0 Å². The highest BCUT2D eigenvalue weighted by Crippen LogP contribution is 2.36. The molecule has 0 heterocycles. The average Bonchev–Trinajstić information content (AvgIpc) is 2.96. The van der Waals surface area contributed by atoms with Crippen LogP contribution in [0.3, 0.4) is 0 Å². The van der Waals surface area contributed by atoms with Gasteiger partial charge in [0, 0.05) is 17.2 Å². The zero-order valence-electron chi connectivity index (χ0n) is 9.40. The largest absolute Gasteiger partial charge is 0.325 e. The summed E-state index contributed by atoms with van der Waals surface area (Å²) >= 11 is 0. The Morgan fingerprint density at radius 3 is 2.75 bits per heavy atom. The van der Waals surface area contributed by atoms with E-state index in [0.29, 0.717) is 5.56 Å². The lowest BCUT2D eigenvalue weighted by Gasteiger charge is -2.08. The Morgan fingerprint density at radius 1 is 1.50 bits per heavy atom. The molecule has 1 fully saturated rings. The molecule has 1 aromatic carbocycles. The first kappa shape index (κ1) is 11.1. The summed E-state index contributed by atoms with van der Waals surface area (Å²) in [6.07, 6.45) is 3.92. The van der Waals surface area contributed by atoms with Crippen molar-refractivity contribution in [1.82, 2.24) is 0 Å². The topological polar surface area (TPSA) is 69.2 Å². The molecular weight excluding hydrogens is 204 g/mol. The standard InChI is InChI=1S/C12H16N2O2/c1-9-2-3-10(8-11(9)14(15)16)4-5-12(13)6-7-12/h2-3,8H,4-7,13H2,1H3. The first-order valence-corrected chi connectivity index (χ1v) is 5.53. The minimum Gasteiger partial charge on any atom is -0.325 e. The molecule has 1 saturated carbocycles. The number of nitrogens with two attached hydrogens (primary N) is 1. The Labute approximate surface area is 94.6 Å². The van der Waals surface area contributed by atoms with Gasteiger partial charge < -0.3 is 5.73 Å². The lowest BCUT2D eigenvalue weighted by molar-refractivity contribution is -0.385. The van der Waals surface area contributed by atoms with Crippen molar-refractivity contribution in [2.75, 3.05) is 0 Å². The summed E-state index contributed by atoms with van der Waals surface area (Å²) in [6.45, 7) is 1.76. The van der Waals surface area contributed by atoms with Crippen LogP contribution in [0.1, 0.15) is 30.4 Å². The summed E-state index contributed by atoms with van der Waals surface area (Å²) < 4.78 is 0. The lowest BCUT2D eigenvalue weighted by atomic mass is 10.0. The van der Waals surface area contributed by atoms with E-state index in [-0.39, 0.29) is 16.1 Å². The van der Waals surface area contributed by atoms with Crippen LogP contribution in [0.15, 0.2) is 18.2 Å².